The molecule has 0 radical (unpaired) electrons. The van der Waals surface area contributed by atoms with Crippen molar-refractivity contribution in [2.45, 2.75) is 50.7 Å². The Hall–Kier alpha value is -0.610. The Kier molecular flexibility index (Phi) is 4.54. The smallest absolute Gasteiger partial charge is 0.326 e. The molecule has 2 unspecified atom stereocenters. The molecule has 1 aliphatic rings. The van der Waals surface area contributed by atoms with Crippen LogP contribution < -0.4 is 5.32 Å². The molecule has 0 aliphatic heterocycles. The van der Waals surface area contributed by atoms with Crippen molar-refractivity contribution in [1.82, 2.24) is 5.32 Å². The van der Waals surface area contributed by atoms with Gasteiger partial charge in [-0.3, -0.25) is 10.1 Å². The van der Waals surface area contributed by atoms with E-state index in [-0.39, 0.29) is 6.10 Å². The Morgan fingerprint density at radius 2 is 2.33 bits per heavy atom. The highest BCUT2D eigenvalue weighted by Gasteiger charge is 2.47. The maximum atomic E-state index is 11.4. The van der Waals surface area contributed by atoms with Crippen molar-refractivity contribution < 1.29 is 14.6 Å². The molecule has 0 amide bonds. The van der Waals surface area contributed by atoms with Crippen LogP contribution in [0.15, 0.2) is 0 Å². The third-order valence-electron chi connectivity index (χ3n) is 3.19. The van der Waals surface area contributed by atoms with Gasteiger partial charge in [-0.1, -0.05) is 19.8 Å². The zero-order valence-electron chi connectivity index (χ0n) is 9.58. The second kappa shape index (κ2) is 5.47. The molecule has 2 N–H and O–H groups in total. The van der Waals surface area contributed by atoms with Crippen LogP contribution in [-0.4, -0.2) is 36.4 Å². The number of nitrogens with one attached hydrogen (secondary N) is 1. The molecule has 1 rings (SSSR count). The minimum atomic E-state index is -0.858. The zero-order valence-corrected chi connectivity index (χ0v) is 9.58. The average Bonchev–Trinajstić information content (AvgIpc) is 2.26. The van der Waals surface area contributed by atoms with E-state index < -0.39 is 11.5 Å². The van der Waals surface area contributed by atoms with Crippen molar-refractivity contribution in [2.75, 3.05) is 13.7 Å². The quantitative estimate of drug-likeness (QED) is 0.727. The number of carboxylic acids is 1. The van der Waals surface area contributed by atoms with Crippen molar-refractivity contribution in [1.29, 1.82) is 0 Å². The summed E-state index contributed by atoms with van der Waals surface area (Å²) in [5.74, 6) is -0.775. The van der Waals surface area contributed by atoms with Gasteiger partial charge in [0.2, 0.25) is 0 Å². The Morgan fingerprint density at radius 1 is 1.60 bits per heavy atom. The molecule has 15 heavy (non-hydrogen) atoms. The fourth-order valence-corrected chi connectivity index (χ4v) is 2.33. The molecule has 88 valence electrons. The lowest BCUT2D eigenvalue weighted by Gasteiger charge is -2.40. The third kappa shape index (κ3) is 2.49. The van der Waals surface area contributed by atoms with Crippen LogP contribution in [0.25, 0.3) is 0 Å². The van der Waals surface area contributed by atoms with Crippen LogP contribution >= 0.6 is 0 Å². The molecular weight excluding hydrogens is 194 g/mol. The summed E-state index contributed by atoms with van der Waals surface area (Å²) in [6, 6.07) is 0. The van der Waals surface area contributed by atoms with E-state index in [1.807, 2.05) is 6.92 Å². The van der Waals surface area contributed by atoms with E-state index in [1.54, 1.807) is 7.11 Å². The maximum absolute atomic E-state index is 11.4. The van der Waals surface area contributed by atoms with Gasteiger partial charge in [-0.25, -0.2) is 0 Å². The summed E-state index contributed by atoms with van der Waals surface area (Å²) in [7, 11) is 1.60. The van der Waals surface area contributed by atoms with Crippen LogP contribution in [0, 0.1) is 0 Å². The largest absolute Gasteiger partial charge is 0.480 e. The molecule has 0 aromatic carbocycles. The molecule has 2 atom stereocenters. The molecule has 4 nitrogen and oxygen atoms in total. The molecule has 0 heterocycles. The first-order chi connectivity index (χ1) is 7.17. The van der Waals surface area contributed by atoms with Gasteiger partial charge in [-0.2, -0.15) is 0 Å². The summed E-state index contributed by atoms with van der Waals surface area (Å²) in [5, 5.41) is 12.5. The number of aliphatic carboxylic acids is 1. The summed E-state index contributed by atoms with van der Waals surface area (Å²) in [6.07, 6.45) is 4.26. The zero-order chi connectivity index (χ0) is 11.3. The number of carbonyl (C=O) groups is 1. The lowest BCUT2D eigenvalue weighted by Crippen LogP contribution is -2.62. The van der Waals surface area contributed by atoms with Gasteiger partial charge in [-0.05, 0) is 25.8 Å². The molecule has 0 aromatic rings. The summed E-state index contributed by atoms with van der Waals surface area (Å²) in [6.45, 7) is 2.76. The van der Waals surface area contributed by atoms with Crippen molar-refractivity contribution in [3.05, 3.63) is 0 Å². The monoisotopic (exact) mass is 215 g/mol. The van der Waals surface area contributed by atoms with Gasteiger partial charge >= 0.3 is 5.97 Å². The van der Waals surface area contributed by atoms with Crippen molar-refractivity contribution >= 4 is 5.97 Å². The molecule has 0 bridgehead atoms. The van der Waals surface area contributed by atoms with E-state index in [1.165, 1.54) is 0 Å². The maximum Gasteiger partial charge on any atom is 0.326 e. The number of hydrogen-bond donors (Lipinski definition) is 2. The topological polar surface area (TPSA) is 58.6 Å². The molecular formula is C11H21NO3. The van der Waals surface area contributed by atoms with Crippen molar-refractivity contribution in [3.63, 3.8) is 0 Å². The lowest BCUT2D eigenvalue weighted by atomic mass is 9.79. The predicted molar refractivity (Wildman–Crippen MR) is 57.9 cm³/mol. The van der Waals surface area contributed by atoms with E-state index in [2.05, 4.69) is 5.32 Å². The third-order valence-corrected chi connectivity index (χ3v) is 3.19. The molecule has 1 saturated carbocycles. The fraction of sp³-hybridized carbons (Fsp3) is 0.909. The molecule has 1 aliphatic carbocycles. The van der Waals surface area contributed by atoms with Crippen LogP contribution in [0.5, 0.6) is 0 Å². The molecule has 1 fully saturated rings. The molecule has 0 saturated heterocycles. The summed E-state index contributed by atoms with van der Waals surface area (Å²) in [5.41, 5.74) is -0.858. The van der Waals surface area contributed by atoms with Gasteiger partial charge in [0.25, 0.3) is 0 Å². The minimum Gasteiger partial charge on any atom is -0.480 e. The van der Waals surface area contributed by atoms with Gasteiger partial charge < -0.3 is 9.84 Å². The van der Waals surface area contributed by atoms with E-state index in [0.717, 1.165) is 32.2 Å². The molecule has 0 spiro atoms. The highest BCUT2D eigenvalue weighted by Crippen LogP contribution is 2.30. The number of rotatable bonds is 5. The van der Waals surface area contributed by atoms with E-state index in [4.69, 9.17) is 4.74 Å². The summed E-state index contributed by atoms with van der Waals surface area (Å²) in [4.78, 5) is 11.4. The first kappa shape index (κ1) is 12.5. The van der Waals surface area contributed by atoms with Gasteiger partial charge in [0.15, 0.2) is 0 Å². The average molecular weight is 215 g/mol. The van der Waals surface area contributed by atoms with Crippen LogP contribution in [-0.2, 0) is 9.53 Å². The number of methoxy groups -OCH3 is 1. The van der Waals surface area contributed by atoms with E-state index in [9.17, 15) is 9.90 Å². The normalized spacial score (nSPS) is 31.5. The van der Waals surface area contributed by atoms with Crippen LogP contribution in [0.3, 0.4) is 0 Å². The van der Waals surface area contributed by atoms with Crippen LogP contribution in [0.1, 0.15) is 39.0 Å². The highest BCUT2D eigenvalue weighted by molar-refractivity contribution is 5.80. The minimum absolute atomic E-state index is 0.199. The SMILES string of the molecule is CCCNC1(C(=O)O)CCCCC1OC. The van der Waals surface area contributed by atoms with Gasteiger partial charge in [0.05, 0.1) is 6.10 Å². The standard InChI is InChI=1S/C11H21NO3/c1-3-8-12-11(10(13)14)7-5-4-6-9(11)15-2/h9,12H,3-8H2,1-2H3,(H,13,14). The fourth-order valence-electron chi connectivity index (χ4n) is 2.33. The first-order valence-electron chi connectivity index (χ1n) is 5.68. The predicted octanol–water partition coefficient (Wildman–Crippen LogP) is 1.40. The first-order valence-corrected chi connectivity index (χ1v) is 5.68. The summed E-state index contributed by atoms with van der Waals surface area (Å²) < 4.78 is 5.32. The Balaban J connectivity index is 2.79. The summed E-state index contributed by atoms with van der Waals surface area (Å²) >= 11 is 0. The van der Waals surface area contributed by atoms with Crippen LogP contribution in [0.2, 0.25) is 0 Å². The van der Waals surface area contributed by atoms with Crippen LogP contribution in [0.4, 0.5) is 0 Å². The highest BCUT2D eigenvalue weighted by atomic mass is 16.5. The van der Waals surface area contributed by atoms with Gasteiger partial charge in [-0.15, -0.1) is 0 Å². The lowest BCUT2D eigenvalue weighted by molar-refractivity contribution is -0.154. The Bertz CT molecular complexity index is 220. The number of carboxylic acid groups (broad SMARTS) is 1. The number of ether oxygens (including phenoxy) is 1. The van der Waals surface area contributed by atoms with E-state index >= 15 is 0 Å². The van der Waals surface area contributed by atoms with E-state index in [0.29, 0.717) is 6.42 Å². The number of hydrogen-bond acceptors (Lipinski definition) is 3. The van der Waals surface area contributed by atoms with Crippen molar-refractivity contribution in [3.8, 4) is 0 Å². The van der Waals surface area contributed by atoms with Crippen molar-refractivity contribution in [2.24, 2.45) is 0 Å². The van der Waals surface area contributed by atoms with Gasteiger partial charge in [0.1, 0.15) is 5.54 Å². The second-order valence-corrected chi connectivity index (χ2v) is 4.17. The Labute approximate surface area is 91.0 Å². The molecule has 0 aromatic heterocycles. The van der Waals surface area contributed by atoms with Gasteiger partial charge in [0, 0.05) is 7.11 Å². The Morgan fingerprint density at radius 3 is 2.87 bits per heavy atom. The second-order valence-electron chi connectivity index (χ2n) is 4.17. The molecule has 4 heteroatoms.